The minimum absolute atomic E-state index is 0.0590. The van der Waals surface area contributed by atoms with Crippen molar-refractivity contribution < 1.29 is 27.6 Å². The Hall–Kier alpha value is -0.763. The second kappa shape index (κ2) is 5.93. The molecule has 114 valence electrons. The largest absolute Gasteiger partial charge is 0.496 e. The SMILES string of the molecule is CO[Si](C)(OC)OC.O=C1OC(=O)C2C3CCC(C3)C12. The molecule has 1 heterocycles. The number of esters is 2. The van der Waals surface area contributed by atoms with Crippen molar-refractivity contribution in [3.63, 3.8) is 0 Å². The summed E-state index contributed by atoms with van der Waals surface area (Å²) >= 11 is 0. The predicted octanol–water partition coefficient (Wildman–Crippen LogP) is 1.23. The van der Waals surface area contributed by atoms with Gasteiger partial charge >= 0.3 is 20.7 Å². The highest BCUT2D eigenvalue weighted by Crippen LogP contribution is 2.55. The third kappa shape index (κ3) is 2.67. The maximum Gasteiger partial charge on any atom is 0.496 e. The Morgan fingerprint density at radius 2 is 1.35 bits per heavy atom. The van der Waals surface area contributed by atoms with E-state index in [1.54, 1.807) is 21.3 Å². The minimum atomic E-state index is -2.17. The number of ether oxygens (including phenoxy) is 1. The number of hydrogen-bond acceptors (Lipinski definition) is 6. The first kappa shape index (κ1) is 15.6. The van der Waals surface area contributed by atoms with Crippen LogP contribution >= 0.6 is 0 Å². The quantitative estimate of drug-likeness (QED) is 0.443. The van der Waals surface area contributed by atoms with Crippen LogP contribution in [-0.4, -0.2) is 42.1 Å². The number of cyclic esters (lactones) is 2. The Kier molecular flexibility index (Phi) is 4.63. The fourth-order valence-electron chi connectivity index (χ4n) is 3.45. The monoisotopic (exact) mass is 302 g/mol. The van der Waals surface area contributed by atoms with Gasteiger partial charge in [0.15, 0.2) is 0 Å². The lowest BCUT2D eigenvalue weighted by Gasteiger charge is -2.18. The predicted molar refractivity (Wildman–Crippen MR) is 71.6 cm³/mol. The second-order valence-corrected chi connectivity index (χ2v) is 8.55. The molecule has 0 N–H and O–H groups in total. The smallest absolute Gasteiger partial charge is 0.393 e. The molecule has 0 spiro atoms. The zero-order chi connectivity index (χ0) is 14.9. The molecule has 1 saturated heterocycles. The van der Waals surface area contributed by atoms with Gasteiger partial charge in [0.25, 0.3) is 0 Å². The van der Waals surface area contributed by atoms with Crippen molar-refractivity contribution in [3.05, 3.63) is 0 Å². The molecular weight excluding hydrogens is 280 g/mol. The van der Waals surface area contributed by atoms with Gasteiger partial charge in [0, 0.05) is 27.9 Å². The van der Waals surface area contributed by atoms with Crippen molar-refractivity contribution in [2.24, 2.45) is 23.7 Å². The van der Waals surface area contributed by atoms with E-state index in [-0.39, 0.29) is 23.8 Å². The molecule has 3 fully saturated rings. The van der Waals surface area contributed by atoms with E-state index in [1.165, 1.54) is 0 Å². The van der Waals surface area contributed by atoms with E-state index in [1.807, 2.05) is 6.55 Å². The van der Waals surface area contributed by atoms with Crippen LogP contribution in [0.15, 0.2) is 0 Å². The fourth-order valence-corrected chi connectivity index (χ4v) is 3.95. The first-order valence-electron chi connectivity index (χ1n) is 6.86. The Morgan fingerprint density at radius 1 is 0.950 bits per heavy atom. The van der Waals surface area contributed by atoms with E-state index in [4.69, 9.17) is 13.3 Å². The molecule has 0 aromatic rings. The van der Waals surface area contributed by atoms with E-state index in [0.29, 0.717) is 11.8 Å². The van der Waals surface area contributed by atoms with Crippen LogP contribution < -0.4 is 0 Å². The molecule has 1 aliphatic heterocycles. The van der Waals surface area contributed by atoms with Crippen molar-refractivity contribution in [2.45, 2.75) is 25.8 Å². The number of rotatable bonds is 3. The van der Waals surface area contributed by atoms with Crippen molar-refractivity contribution in [3.8, 4) is 0 Å². The van der Waals surface area contributed by atoms with E-state index in [0.717, 1.165) is 19.3 Å². The van der Waals surface area contributed by atoms with Crippen molar-refractivity contribution in [1.29, 1.82) is 0 Å². The van der Waals surface area contributed by atoms with Crippen molar-refractivity contribution in [1.82, 2.24) is 0 Å². The van der Waals surface area contributed by atoms with Crippen molar-refractivity contribution >= 4 is 20.7 Å². The zero-order valence-electron chi connectivity index (χ0n) is 12.4. The van der Waals surface area contributed by atoms with Gasteiger partial charge in [-0.15, -0.1) is 0 Å². The van der Waals surface area contributed by atoms with Crippen LogP contribution in [-0.2, 0) is 27.6 Å². The molecule has 4 atom stereocenters. The minimum Gasteiger partial charge on any atom is -0.393 e. The average Bonchev–Trinajstić information content (AvgIpc) is 3.13. The standard InChI is InChI=1S/C9H10O3.C4H12O3Si/c10-8-6-4-1-2-5(3-4)7(6)9(11)12-8;1-5-8(4,6-2)7-3/h4-7H,1-3H2;1-4H3. The number of carbonyl (C=O) groups is 2. The van der Waals surface area contributed by atoms with Gasteiger partial charge in [-0.3, -0.25) is 9.59 Å². The topological polar surface area (TPSA) is 71.1 Å². The van der Waals surface area contributed by atoms with E-state index in [2.05, 4.69) is 4.74 Å². The lowest BCUT2D eigenvalue weighted by atomic mass is 9.81. The average molecular weight is 302 g/mol. The van der Waals surface area contributed by atoms with Crippen LogP contribution in [0.1, 0.15) is 19.3 Å². The molecule has 2 aliphatic carbocycles. The molecule has 0 amide bonds. The third-order valence-corrected chi connectivity index (χ3v) is 7.00. The van der Waals surface area contributed by atoms with Crippen LogP contribution in [0.2, 0.25) is 6.55 Å². The molecule has 3 rings (SSSR count). The molecule has 0 aromatic heterocycles. The molecule has 0 radical (unpaired) electrons. The molecule has 0 aromatic carbocycles. The summed E-state index contributed by atoms with van der Waals surface area (Å²) in [7, 11) is 2.58. The molecule has 6 nitrogen and oxygen atoms in total. The molecule has 2 saturated carbocycles. The number of fused-ring (bicyclic) bond motifs is 5. The Morgan fingerprint density at radius 3 is 1.65 bits per heavy atom. The highest BCUT2D eigenvalue weighted by atomic mass is 28.4. The summed E-state index contributed by atoms with van der Waals surface area (Å²) in [5, 5.41) is 0. The summed E-state index contributed by atoms with van der Waals surface area (Å²) in [4.78, 5) is 22.4. The van der Waals surface area contributed by atoms with Gasteiger partial charge in [0.05, 0.1) is 11.8 Å². The molecule has 4 unspecified atom stereocenters. The third-order valence-electron chi connectivity index (χ3n) is 4.77. The van der Waals surface area contributed by atoms with Crippen LogP contribution in [0.3, 0.4) is 0 Å². The Balaban J connectivity index is 0.000000163. The molecule has 20 heavy (non-hydrogen) atoms. The summed E-state index contributed by atoms with van der Waals surface area (Å²) in [6, 6.07) is 0. The lowest BCUT2D eigenvalue weighted by molar-refractivity contribution is -0.154. The second-order valence-electron chi connectivity index (χ2n) is 5.60. The van der Waals surface area contributed by atoms with Gasteiger partial charge in [-0.25, -0.2) is 0 Å². The first-order valence-corrected chi connectivity index (χ1v) is 9.09. The Bertz CT molecular complexity index is 360. The summed E-state index contributed by atoms with van der Waals surface area (Å²) in [6.07, 6.45) is 3.32. The highest BCUT2D eigenvalue weighted by molar-refractivity contribution is 6.58. The van der Waals surface area contributed by atoms with Gasteiger partial charge in [0.2, 0.25) is 0 Å². The summed E-state index contributed by atoms with van der Waals surface area (Å²) in [6.45, 7) is 1.83. The van der Waals surface area contributed by atoms with Gasteiger partial charge in [-0.05, 0) is 31.1 Å². The molecule has 7 heteroatoms. The molecular formula is C13H22O6Si. The van der Waals surface area contributed by atoms with Crippen LogP contribution in [0, 0.1) is 23.7 Å². The first-order chi connectivity index (χ1) is 9.45. The maximum absolute atomic E-state index is 11.2. The van der Waals surface area contributed by atoms with Crippen LogP contribution in [0.5, 0.6) is 0 Å². The highest BCUT2D eigenvalue weighted by Gasteiger charge is 2.59. The molecule has 3 aliphatic rings. The van der Waals surface area contributed by atoms with Crippen LogP contribution in [0.4, 0.5) is 0 Å². The maximum atomic E-state index is 11.2. The molecule has 2 bridgehead atoms. The van der Waals surface area contributed by atoms with Gasteiger partial charge < -0.3 is 18.0 Å². The van der Waals surface area contributed by atoms with Gasteiger partial charge in [-0.2, -0.15) is 0 Å². The number of carbonyl (C=O) groups excluding carboxylic acids is 2. The van der Waals surface area contributed by atoms with E-state index < -0.39 is 8.80 Å². The fraction of sp³-hybridized carbons (Fsp3) is 0.846. The van der Waals surface area contributed by atoms with Gasteiger partial charge in [0.1, 0.15) is 0 Å². The summed E-state index contributed by atoms with van der Waals surface area (Å²) in [5.74, 6) is 0.291. The van der Waals surface area contributed by atoms with Crippen LogP contribution in [0.25, 0.3) is 0 Å². The lowest BCUT2D eigenvalue weighted by Crippen LogP contribution is -2.38. The zero-order valence-corrected chi connectivity index (χ0v) is 13.4. The number of hydrogen-bond donors (Lipinski definition) is 0. The summed E-state index contributed by atoms with van der Waals surface area (Å²) in [5.41, 5.74) is 0. The summed E-state index contributed by atoms with van der Waals surface area (Å²) < 4.78 is 19.4. The van der Waals surface area contributed by atoms with Crippen molar-refractivity contribution in [2.75, 3.05) is 21.3 Å². The Labute approximate surface area is 120 Å². The van der Waals surface area contributed by atoms with E-state index in [9.17, 15) is 9.59 Å². The normalized spacial score (nSPS) is 34.6. The van der Waals surface area contributed by atoms with E-state index >= 15 is 0 Å². The van der Waals surface area contributed by atoms with Gasteiger partial charge in [-0.1, -0.05) is 0 Å².